The van der Waals surface area contributed by atoms with Crippen molar-refractivity contribution in [2.24, 2.45) is 5.92 Å². The van der Waals surface area contributed by atoms with E-state index in [0.717, 1.165) is 5.56 Å². The van der Waals surface area contributed by atoms with Gasteiger partial charge in [-0.3, -0.25) is 9.69 Å². The molecule has 2 heterocycles. The fourth-order valence-electron chi connectivity index (χ4n) is 3.66. The van der Waals surface area contributed by atoms with E-state index in [0.29, 0.717) is 46.8 Å². The third-order valence-corrected chi connectivity index (χ3v) is 6.37. The molecule has 0 amide bonds. The number of H-pyrrole nitrogens is 1. The second-order valence-electron chi connectivity index (χ2n) is 8.29. The maximum absolute atomic E-state index is 14.3. The molecule has 1 atom stereocenters. The molecule has 2 aromatic heterocycles. The summed E-state index contributed by atoms with van der Waals surface area (Å²) in [6, 6.07) is 16.4. The Morgan fingerprint density at radius 2 is 1.78 bits per heavy atom. The predicted molar refractivity (Wildman–Crippen MR) is 127 cm³/mol. The smallest absolute Gasteiger partial charge is 0.260 e. The highest BCUT2D eigenvalue weighted by Gasteiger charge is 2.19. The Morgan fingerprint density at radius 3 is 2.50 bits per heavy atom. The molecule has 5 nitrogen and oxygen atoms in total. The summed E-state index contributed by atoms with van der Waals surface area (Å²) < 4.78 is 14.3. The molecular formula is C25H26FN3O2S. The molecule has 0 saturated carbocycles. The van der Waals surface area contributed by atoms with Gasteiger partial charge in [0.25, 0.3) is 5.56 Å². The van der Waals surface area contributed by atoms with Crippen molar-refractivity contribution < 1.29 is 9.50 Å². The third kappa shape index (κ3) is 4.96. The highest BCUT2D eigenvalue weighted by molar-refractivity contribution is 7.17. The molecule has 2 aromatic carbocycles. The maximum atomic E-state index is 14.3. The van der Waals surface area contributed by atoms with Crippen molar-refractivity contribution >= 4 is 21.6 Å². The van der Waals surface area contributed by atoms with Crippen LogP contribution in [-0.4, -0.2) is 32.6 Å². The minimum absolute atomic E-state index is 0.114. The van der Waals surface area contributed by atoms with Gasteiger partial charge in [0, 0.05) is 29.6 Å². The molecule has 0 aliphatic heterocycles. The largest absolute Gasteiger partial charge is 0.392 e. The number of nitrogens with one attached hydrogen (secondary N) is 1. The van der Waals surface area contributed by atoms with Gasteiger partial charge in [-0.05, 0) is 17.5 Å². The monoisotopic (exact) mass is 451 g/mol. The number of aromatic nitrogens is 2. The minimum atomic E-state index is -0.497. The number of halogens is 1. The van der Waals surface area contributed by atoms with Gasteiger partial charge in [-0.15, -0.1) is 11.3 Å². The summed E-state index contributed by atoms with van der Waals surface area (Å²) in [5.74, 6) is 0.270. The van der Waals surface area contributed by atoms with Crippen LogP contribution in [0, 0.1) is 11.7 Å². The first-order chi connectivity index (χ1) is 15.4. The van der Waals surface area contributed by atoms with Crippen LogP contribution < -0.4 is 5.56 Å². The van der Waals surface area contributed by atoms with Gasteiger partial charge in [-0.2, -0.15) is 0 Å². The van der Waals surface area contributed by atoms with E-state index in [2.05, 4.69) is 14.9 Å². The summed E-state index contributed by atoms with van der Waals surface area (Å²) in [6.07, 6.45) is -0.497. The van der Waals surface area contributed by atoms with Gasteiger partial charge in [-0.1, -0.05) is 62.4 Å². The summed E-state index contributed by atoms with van der Waals surface area (Å²) in [7, 11) is 0. The van der Waals surface area contributed by atoms with E-state index >= 15 is 0 Å². The SMILES string of the molecule is CC(C)[C@H](O)CN(Cc1ccccc1)Cc1nc2scc(-c3ccccc3F)c2c(=O)[nH]1. The lowest BCUT2D eigenvalue weighted by Crippen LogP contribution is -2.35. The van der Waals surface area contributed by atoms with E-state index in [4.69, 9.17) is 0 Å². The lowest BCUT2D eigenvalue weighted by molar-refractivity contribution is 0.0689. The van der Waals surface area contributed by atoms with Crippen LogP contribution in [0.3, 0.4) is 0 Å². The van der Waals surface area contributed by atoms with Gasteiger partial charge < -0.3 is 10.1 Å². The Hall–Kier alpha value is -2.87. The summed E-state index contributed by atoms with van der Waals surface area (Å²) >= 11 is 1.33. The Morgan fingerprint density at radius 1 is 1.06 bits per heavy atom. The van der Waals surface area contributed by atoms with Crippen LogP contribution in [0.25, 0.3) is 21.3 Å². The van der Waals surface area contributed by atoms with Crippen LogP contribution >= 0.6 is 11.3 Å². The Labute approximate surface area is 190 Å². The molecule has 0 spiro atoms. The topological polar surface area (TPSA) is 69.2 Å². The van der Waals surface area contributed by atoms with Crippen LogP contribution in [0.4, 0.5) is 4.39 Å². The van der Waals surface area contributed by atoms with Crippen molar-refractivity contribution in [2.75, 3.05) is 6.54 Å². The number of hydrogen-bond acceptors (Lipinski definition) is 5. The first-order valence-corrected chi connectivity index (χ1v) is 11.5. The molecule has 0 saturated heterocycles. The quantitative estimate of drug-likeness (QED) is 0.403. The zero-order chi connectivity index (χ0) is 22.7. The average Bonchev–Trinajstić information content (AvgIpc) is 3.19. The normalized spacial score (nSPS) is 12.7. The molecular weight excluding hydrogens is 425 g/mol. The molecule has 0 unspecified atom stereocenters. The minimum Gasteiger partial charge on any atom is -0.392 e. The van der Waals surface area contributed by atoms with Crippen LogP contribution in [0.2, 0.25) is 0 Å². The van der Waals surface area contributed by atoms with E-state index in [1.54, 1.807) is 23.6 Å². The fourth-order valence-corrected chi connectivity index (χ4v) is 4.62. The van der Waals surface area contributed by atoms with Crippen molar-refractivity contribution in [1.82, 2.24) is 14.9 Å². The van der Waals surface area contributed by atoms with Gasteiger partial charge in [0.15, 0.2) is 0 Å². The van der Waals surface area contributed by atoms with Crippen molar-refractivity contribution in [3.05, 3.63) is 87.5 Å². The van der Waals surface area contributed by atoms with Crippen LogP contribution in [0.5, 0.6) is 0 Å². The molecule has 2 N–H and O–H groups in total. The predicted octanol–water partition coefficient (Wildman–Crippen LogP) is 4.81. The van der Waals surface area contributed by atoms with Crippen molar-refractivity contribution in [3.63, 3.8) is 0 Å². The number of aliphatic hydroxyl groups is 1. The van der Waals surface area contributed by atoms with E-state index in [1.165, 1.54) is 17.4 Å². The third-order valence-electron chi connectivity index (χ3n) is 5.49. The summed E-state index contributed by atoms with van der Waals surface area (Å²) in [5, 5.41) is 12.6. The maximum Gasteiger partial charge on any atom is 0.260 e. The Bertz CT molecular complexity index is 1250. The lowest BCUT2D eigenvalue weighted by Gasteiger charge is -2.26. The van der Waals surface area contributed by atoms with Crippen molar-refractivity contribution in [1.29, 1.82) is 0 Å². The zero-order valence-electron chi connectivity index (χ0n) is 18.1. The highest BCUT2D eigenvalue weighted by Crippen LogP contribution is 2.32. The van der Waals surface area contributed by atoms with E-state index < -0.39 is 6.10 Å². The zero-order valence-corrected chi connectivity index (χ0v) is 18.9. The second-order valence-corrected chi connectivity index (χ2v) is 9.15. The fraction of sp³-hybridized carbons (Fsp3) is 0.280. The number of nitrogens with zero attached hydrogens (tertiary/aromatic N) is 2. The van der Waals surface area contributed by atoms with Crippen LogP contribution in [0.15, 0.2) is 64.8 Å². The first kappa shape index (κ1) is 22.3. The van der Waals surface area contributed by atoms with Gasteiger partial charge >= 0.3 is 0 Å². The van der Waals surface area contributed by atoms with Crippen LogP contribution in [-0.2, 0) is 13.1 Å². The Balaban J connectivity index is 1.65. The number of aromatic amines is 1. The molecule has 0 aliphatic carbocycles. The number of rotatable bonds is 8. The van der Waals surface area contributed by atoms with Crippen molar-refractivity contribution in [3.8, 4) is 11.1 Å². The lowest BCUT2D eigenvalue weighted by atomic mass is 10.1. The van der Waals surface area contributed by atoms with Gasteiger partial charge in [0.05, 0.1) is 18.0 Å². The van der Waals surface area contributed by atoms with E-state index in [-0.39, 0.29) is 17.3 Å². The van der Waals surface area contributed by atoms with Gasteiger partial charge in [0.2, 0.25) is 0 Å². The molecule has 166 valence electrons. The molecule has 0 bridgehead atoms. The molecule has 4 aromatic rings. The van der Waals surface area contributed by atoms with Gasteiger partial charge in [-0.25, -0.2) is 9.37 Å². The molecule has 4 rings (SSSR count). The number of thiophene rings is 1. The number of benzene rings is 2. The first-order valence-electron chi connectivity index (χ1n) is 10.6. The summed E-state index contributed by atoms with van der Waals surface area (Å²) in [4.78, 5) is 23.2. The molecule has 0 fully saturated rings. The highest BCUT2D eigenvalue weighted by atomic mass is 32.1. The van der Waals surface area contributed by atoms with Crippen molar-refractivity contribution in [2.45, 2.75) is 33.0 Å². The van der Waals surface area contributed by atoms with Crippen LogP contribution in [0.1, 0.15) is 25.2 Å². The summed E-state index contributed by atoms with van der Waals surface area (Å²) in [5.41, 5.74) is 1.78. The van der Waals surface area contributed by atoms with E-state index in [1.807, 2.05) is 44.2 Å². The number of hydrogen-bond donors (Lipinski definition) is 2. The Kier molecular flexibility index (Phi) is 6.79. The number of fused-ring (bicyclic) bond motifs is 1. The average molecular weight is 452 g/mol. The number of aliphatic hydroxyl groups excluding tert-OH is 1. The van der Waals surface area contributed by atoms with E-state index in [9.17, 15) is 14.3 Å². The summed E-state index contributed by atoms with van der Waals surface area (Å²) in [6.45, 7) is 5.42. The standard InChI is InChI=1S/C25H26FN3O2S/c1-16(2)21(30)13-29(12-17-8-4-3-5-9-17)14-22-27-24(31)23-19(15-32-25(23)28-22)18-10-6-7-11-20(18)26/h3-11,15-16,21,30H,12-14H2,1-2H3,(H,27,28,31)/t21-/m1/s1. The second kappa shape index (κ2) is 9.73. The molecule has 0 aliphatic rings. The van der Waals surface area contributed by atoms with Gasteiger partial charge in [0.1, 0.15) is 16.5 Å². The molecule has 7 heteroatoms. The molecule has 0 radical (unpaired) electrons. The molecule has 32 heavy (non-hydrogen) atoms.